The smallest absolute Gasteiger partial charge is 0.322 e. The molecule has 1 aromatic heterocycles. The van der Waals surface area contributed by atoms with E-state index in [0.717, 1.165) is 22.9 Å². The largest absolute Gasteiger partial charge is 0.419 e. The van der Waals surface area contributed by atoms with Crippen LogP contribution >= 0.6 is 0 Å². The average Bonchev–Trinajstić information content (AvgIpc) is 2.82. The molecule has 2 nitrogen and oxygen atoms in total. The Labute approximate surface area is 120 Å². The molecule has 0 spiro atoms. The van der Waals surface area contributed by atoms with Gasteiger partial charge in [-0.25, -0.2) is 0 Å². The van der Waals surface area contributed by atoms with E-state index in [9.17, 15) is 13.2 Å². The van der Waals surface area contributed by atoms with Crippen molar-refractivity contribution < 1.29 is 13.2 Å². The Kier molecular flexibility index (Phi) is 3.65. The van der Waals surface area contributed by atoms with Gasteiger partial charge in [-0.05, 0) is 37.1 Å². The maximum atomic E-state index is 12.8. The normalized spacial score (nSPS) is 11.2. The van der Waals surface area contributed by atoms with E-state index in [1.807, 2.05) is 19.9 Å². The van der Waals surface area contributed by atoms with Crippen molar-refractivity contribution in [2.45, 2.75) is 20.0 Å². The fourth-order valence-electron chi connectivity index (χ4n) is 2.21. The molecular weight excluding hydrogens is 277 g/mol. The van der Waals surface area contributed by atoms with Gasteiger partial charge >= 0.3 is 6.18 Å². The molecule has 0 aliphatic heterocycles. The average molecular weight is 290 g/mol. The Morgan fingerprint density at radius 1 is 1.29 bits per heavy atom. The zero-order valence-corrected chi connectivity index (χ0v) is 11.6. The van der Waals surface area contributed by atoms with Crippen LogP contribution in [0.25, 0.3) is 11.3 Å². The van der Waals surface area contributed by atoms with E-state index in [4.69, 9.17) is 5.26 Å². The van der Waals surface area contributed by atoms with Gasteiger partial charge in [0.1, 0.15) is 6.07 Å². The SMILES string of the molecule is C=C(C)c1ccc(-n2cc(C#N)c(C(F)(F)F)c2)cc1C. The second-order valence-corrected chi connectivity index (χ2v) is 4.88. The first-order valence-electron chi connectivity index (χ1n) is 6.20. The highest BCUT2D eigenvalue weighted by atomic mass is 19.4. The summed E-state index contributed by atoms with van der Waals surface area (Å²) < 4.78 is 39.8. The summed E-state index contributed by atoms with van der Waals surface area (Å²) in [5.41, 5.74) is 2.03. The van der Waals surface area contributed by atoms with Gasteiger partial charge in [0.2, 0.25) is 0 Å². The number of benzene rings is 1. The number of aromatic nitrogens is 1. The van der Waals surface area contributed by atoms with Crippen LogP contribution in [0.4, 0.5) is 13.2 Å². The van der Waals surface area contributed by atoms with E-state index in [0.29, 0.717) is 5.69 Å². The minimum atomic E-state index is -4.54. The first-order chi connectivity index (χ1) is 9.74. The lowest BCUT2D eigenvalue weighted by molar-refractivity contribution is -0.137. The van der Waals surface area contributed by atoms with Crippen LogP contribution in [0.1, 0.15) is 29.2 Å². The van der Waals surface area contributed by atoms with E-state index >= 15 is 0 Å². The van der Waals surface area contributed by atoms with E-state index in [1.165, 1.54) is 10.8 Å². The predicted molar refractivity (Wildman–Crippen MR) is 74.9 cm³/mol. The summed E-state index contributed by atoms with van der Waals surface area (Å²) in [6, 6.07) is 6.87. The molecule has 0 atom stereocenters. The second-order valence-electron chi connectivity index (χ2n) is 4.88. The number of hydrogen-bond acceptors (Lipinski definition) is 1. The van der Waals surface area contributed by atoms with Crippen molar-refractivity contribution in [3.63, 3.8) is 0 Å². The maximum absolute atomic E-state index is 12.8. The number of allylic oxidation sites excluding steroid dienone is 1. The number of rotatable bonds is 2. The van der Waals surface area contributed by atoms with Crippen molar-refractivity contribution in [2.75, 3.05) is 0 Å². The monoisotopic (exact) mass is 290 g/mol. The molecule has 0 radical (unpaired) electrons. The zero-order valence-electron chi connectivity index (χ0n) is 11.6. The van der Waals surface area contributed by atoms with E-state index in [-0.39, 0.29) is 5.56 Å². The molecule has 0 bridgehead atoms. The number of aryl methyl sites for hydroxylation is 1. The topological polar surface area (TPSA) is 28.7 Å². The highest BCUT2D eigenvalue weighted by Gasteiger charge is 2.35. The molecule has 0 unspecified atom stereocenters. The molecule has 21 heavy (non-hydrogen) atoms. The summed E-state index contributed by atoms with van der Waals surface area (Å²) in [5, 5.41) is 8.84. The van der Waals surface area contributed by atoms with Crippen LogP contribution in [-0.2, 0) is 6.18 Å². The molecule has 1 aromatic carbocycles. The number of hydrogen-bond donors (Lipinski definition) is 0. The van der Waals surface area contributed by atoms with Gasteiger partial charge in [0.05, 0.1) is 11.1 Å². The summed E-state index contributed by atoms with van der Waals surface area (Å²) in [5.74, 6) is 0. The van der Waals surface area contributed by atoms with E-state index in [2.05, 4.69) is 6.58 Å². The van der Waals surface area contributed by atoms with E-state index < -0.39 is 11.7 Å². The van der Waals surface area contributed by atoms with Crippen LogP contribution in [0.2, 0.25) is 0 Å². The zero-order chi connectivity index (χ0) is 15.8. The van der Waals surface area contributed by atoms with Gasteiger partial charge in [0.25, 0.3) is 0 Å². The molecule has 2 aromatic rings. The Morgan fingerprint density at radius 2 is 1.95 bits per heavy atom. The molecule has 1 heterocycles. The molecule has 0 saturated heterocycles. The van der Waals surface area contributed by atoms with Gasteiger partial charge in [-0.2, -0.15) is 18.4 Å². The van der Waals surface area contributed by atoms with Crippen molar-refractivity contribution >= 4 is 5.57 Å². The molecule has 0 aliphatic carbocycles. The van der Waals surface area contributed by atoms with Crippen molar-refractivity contribution in [1.82, 2.24) is 4.57 Å². The van der Waals surface area contributed by atoms with Gasteiger partial charge in [-0.15, -0.1) is 0 Å². The molecular formula is C16H13F3N2. The Balaban J connectivity index is 2.54. The lowest BCUT2D eigenvalue weighted by Crippen LogP contribution is -2.05. The molecule has 5 heteroatoms. The summed E-state index contributed by atoms with van der Waals surface area (Å²) >= 11 is 0. The summed E-state index contributed by atoms with van der Waals surface area (Å²) in [4.78, 5) is 0. The molecule has 0 saturated carbocycles. The molecule has 0 N–H and O–H groups in total. The van der Waals surface area contributed by atoms with Crippen molar-refractivity contribution in [2.24, 2.45) is 0 Å². The molecule has 0 fully saturated rings. The Hall–Kier alpha value is -2.48. The number of alkyl halides is 3. The third-order valence-corrected chi connectivity index (χ3v) is 3.22. The summed E-state index contributed by atoms with van der Waals surface area (Å²) in [6.07, 6.45) is -2.41. The van der Waals surface area contributed by atoms with Gasteiger partial charge < -0.3 is 4.57 Å². The Morgan fingerprint density at radius 3 is 2.38 bits per heavy atom. The van der Waals surface area contributed by atoms with Crippen molar-refractivity contribution in [3.05, 3.63) is 59.4 Å². The number of nitrogens with zero attached hydrogens (tertiary/aromatic N) is 2. The predicted octanol–water partition coefficient (Wildman–Crippen LogP) is 4.71. The highest BCUT2D eigenvalue weighted by molar-refractivity contribution is 5.65. The molecule has 2 rings (SSSR count). The first-order valence-corrected chi connectivity index (χ1v) is 6.20. The third-order valence-electron chi connectivity index (χ3n) is 3.22. The first kappa shape index (κ1) is 14.9. The van der Waals surface area contributed by atoms with Crippen LogP contribution in [0.3, 0.4) is 0 Å². The van der Waals surface area contributed by atoms with Crippen LogP contribution in [-0.4, -0.2) is 4.57 Å². The van der Waals surface area contributed by atoms with Crippen LogP contribution in [0.15, 0.2) is 37.2 Å². The minimum Gasteiger partial charge on any atom is -0.322 e. The number of halogens is 3. The van der Waals surface area contributed by atoms with Gasteiger partial charge in [-0.1, -0.05) is 18.2 Å². The lowest BCUT2D eigenvalue weighted by Gasteiger charge is -2.09. The quantitative estimate of drug-likeness (QED) is 0.787. The lowest BCUT2D eigenvalue weighted by atomic mass is 10.0. The van der Waals surface area contributed by atoms with Crippen molar-refractivity contribution in [3.8, 4) is 11.8 Å². The fourth-order valence-corrected chi connectivity index (χ4v) is 2.21. The summed E-state index contributed by atoms with van der Waals surface area (Å²) in [6.45, 7) is 7.59. The van der Waals surface area contributed by atoms with Crippen LogP contribution in [0, 0.1) is 18.3 Å². The maximum Gasteiger partial charge on any atom is 0.419 e. The highest BCUT2D eigenvalue weighted by Crippen LogP contribution is 2.33. The third kappa shape index (κ3) is 2.84. The molecule has 0 amide bonds. The van der Waals surface area contributed by atoms with E-state index in [1.54, 1.807) is 18.2 Å². The molecule has 0 aliphatic rings. The fraction of sp³-hybridized carbons (Fsp3) is 0.188. The van der Waals surface area contributed by atoms with Crippen LogP contribution in [0.5, 0.6) is 0 Å². The van der Waals surface area contributed by atoms with Gasteiger partial charge in [0.15, 0.2) is 0 Å². The second kappa shape index (κ2) is 5.13. The van der Waals surface area contributed by atoms with Crippen molar-refractivity contribution in [1.29, 1.82) is 5.26 Å². The van der Waals surface area contributed by atoms with Gasteiger partial charge in [0, 0.05) is 18.1 Å². The number of nitriles is 1. The standard InChI is InChI=1S/C16H13F3N2/c1-10(2)14-5-4-13(6-11(14)3)21-8-12(7-20)15(9-21)16(17,18)19/h4-6,8-9H,1H2,2-3H3. The van der Waals surface area contributed by atoms with Crippen LogP contribution < -0.4 is 0 Å². The van der Waals surface area contributed by atoms with Gasteiger partial charge in [-0.3, -0.25) is 0 Å². The summed E-state index contributed by atoms with van der Waals surface area (Å²) in [7, 11) is 0. The Bertz CT molecular complexity index is 746. The molecule has 108 valence electrons. The minimum absolute atomic E-state index is 0.385.